The third-order valence-electron chi connectivity index (χ3n) is 5.80. The van der Waals surface area contributed by atoms with Crippen molar-refractivity contribution in [3.8, 4) is 0 Å². The normalized spacial score (nSPS) is 28.8. The summed E-state index contributed by atoms with van der Waals surface area (Å²) in [7, 11) is 0. The summed E-state index contributed by atoms with van der Waals surface area (Å²) in [5.41, 5.74) is 1.30. The summed E-state index contributed by atoms with van der Waals surface area (Å²) in [6.45, 7) is 9.42. The first kappa shape index (κ1) is 16.0. The molecule has 1 aromatic rings. The molecule has 0 bridgehead atoms. The lowest BCUT2D eigenvalue weighted by molar-refractivity contribution is 0.0679. The van der Waals surface area contributed by atoms with Crippen LogP contribution < -0.4 is 10.6 Å². The van der Waals surface area contributed by atoms with Crippen LogP contribution in [0.4, 0.5) is 5.82 Å². The van der Waals surface area contributed by atoms with Crippen LogP contribution in [0, 0.1) is 16.7 Å². The summed E-state index contributed by atoms with van der Waals surface area (Å²) in [6, 6.07) is 0.354. The maximum Gasteiger partial charge on any atom is 0.258 e. The molecular formula is C19H30N4O. The zero-order valence-electron chi connectivity index (χ0n) is 15.4. The lowest BCUT2D eigenvalue weighted by Crippen LogP contribution is -2.46. The molecule has 1 amide bonds. The second-order valence-electron chi connectivity index (χ2n) is 9.77. The molecule has 0 radical (unpaired) electrons. The molecular weight excluding hydrogens is 300 g/mol. The number of nitrogens with zero attached hydrogens (tertiary/aromatic N) is 2. The summed E-state index contributed by atoms with van der Waals surface area (Å²) < 4.78 is 2.11. The Morgan fingerprint density at radius 1 is 1.17 bits per heavy atom. The van der Waals surface area contributed by atoms with E-state index in [1.54, 1.807) is 6.20 Å². The van der Waals surface area contributed by atoms with Crippen molar-refractivity contribution in [1.29, 1.82) is 0 Å². The average molecular weight is 330 g/mol. The lowest BCUT2D eigenvalue weighted by atomic mass is 9.63. The molecule has 3 aliphatic rings. The molecule has 0 spiro atoms. The van der Waals surface area contributed by atoms with Gasteiger partial charge in [-0.2, -0.15) is 5.10 Å². The Morgan fingerprint density at radius 3 is 2.46 bits per heavy atom. The molecule has 2 saturated carbocycles. The minimum atomic E-state index is 0.0231. The smallest absolute Gasteiger partial charge is 0.258 e. The van der Waals surface area contributed by atoms with E-state index in [1.165, 1.54) is 19.3 Å². The number of carbonyl (C=O) groups excluding carboxylic acids is 1. The molecule has 24 heavy (non-hydrogen) atoms. The summed E-state index contributed by atoms with van der Waals surface area (Å²) in [5.74, 6) is 1.73. The van der Waals surface area contributed by atoms with Gasteiger partial charge in [-0.3, -0.25) is 4.79 Å². The predicted octanol–water partition coefficient (Wildman–Crippen LogP) is 3.94. The van der Waals surface area contributed by atoms with E-state index in [2.05, 4.69) is 48.1 Å². The van der Waals surface area contributed by atoms with Crippen LogP contribution in [0.25, 0.3) is 0 Å². The molecule has 2 heterocycles. The Hall–Kier alpha value is -1.52. The highest BCUT2D eigenvalue weighted by Gasteiger charge is 2.41. The van der Waals surface area contributed by atoms with Gasteiger partial charge in [-0.1, -0.05) is 40.5 Å². The van der Waals surface area contributed by atoms with Crippen LogP contribution in [-0.4, -0.2) is 21.9 Å². The molecule has 1 unspecified atom stereocenters. The zero-order chi connectivity index (χ0) is 17.1. The van der Waals surface area contributed by atoms with E-state index < -0.39 is 0 Å². The minimum absolute atomic E-state index is 0.0231. The van der Waals surface area contributed by atoms with Crippen molar-refractivity contribution in [2.45, 2.75) is 78.4 Å². The second kappa shape index (κ2) is 5.24. The van der Waals surface area contributed by atoms with Crippen LogP contribution in [0.1, 0.15) is 82.6 Å². The van der Waals surface area contributed by atoms with E-state index in [9.17, 15) is 4.79 Å². The zero-order valence-corrected chi connectivity index (χ0v) is 15.4. The van der Waals surface area contributed by atoms with E-state index in [-0.39, 0.29) is 12.1 Å². The largest absolute Gasteiger partial charge is 0.350 e. The van der Waals surface area contributed by atoms with Crippen molar-refractivity contribution in [3.63, 3.8) is 0 Å². The van der Waals surface area contributed by atoms with Gasteiger partial charge in [0.05, 0.1) is 12.2 Å². The van der Waals surface area contributed by atoms with E-state index >= 15 is 0 Å². The maximum atomic E-state index is 12.4. The predicted molar refractivity (Wildman–Crippen MR) is 94.9 cm³/mol. The number of hydrogen-bond donors (Lipinski definition) is 2. The van der Waals surface area contributed by atoms with Crippen molar-refractivity contribution >= 4 is 11.7 Å². The molecule has 0 saturated heterocycles. The van der Waals surface area contributed by atoms with Gasteiger partial charge in [-0.25, -0.2) is 4.68 Å². The van der Waals surface area contributed by atoms with Crippen LogP contribution in [0.2, 0.25) is 0 Å². The Bertz CT molecular complexity index is 640. The fourth-order valence-electron chi connectivity index (χ4n) is 5.15. The monoisotopic (exact) mass is 330 g/mol. The molecule has 5 nitrogen and oxygen atoms in total. The SMILES string of the molecule is CC1(C)CC(n2ncc3c2NC(CC2CC2)NC3=O)CC(C)(C)C1. The van der Waals surface area contributed by atoms with E-state index in [1.807, 2.05) is 0 Å². The first-order valence-electron chi connectivity index (χ1n) is 9.37. The molecule has 1 aliphatic heterocycles. The first-order valence-corrected chi connectivity index (χ1v) is 9.37. The minimum Gasteiger partial charge on any atom is -0.350 e. The molecule has 0 aromatic carbocycles. The van der Waals surface area contributed by atoms with Gasteiger partial charge in [0.25, 0.3) is 5.91 Å². The van der Waals surface area contributed by atoms with E-state index in [0.717, 1.165) is 31.0 Å². The van der Waals surface area contributed by atoms with Crippen molar-refractivity contribution in [2.24, 2.45) is 16.7 Å². The van der Waals surface area contributed by atoms with Gasteiger partial charge in [-0.15, -0.1) is 0 Å². The van der Waals surface area contributed by atoms with E-state index in [4.69, 9.17) is 0 Å². The fourth-order valence-corrected chi connectivity index (χ4v) is 5.15. The standard InChI is InChI=1S/C19H30N4O/c1-18(2)8-13(9-19(3,4)11-18)23-16-14(10-20-23)17(24)22-15(21-16)7-12-5-6-12/h10,12-13,15,21H,5-9,11H2,1-4H3,(H,22,24). The van der Waals surface area contributed by atoms with Crippen LogP contribution in [0.3, 0.4) is 0 Å². The third-order valence-corrected chi connectivity index (χ3v) is 5.80. The van der Waals surface area contributed by atoms with Crippen LogP contribution in [0.5, 0.6) is 0 Å². The Kier molecular flexibility index (Phi) is 3.49. The quantitative estimate of drug-likeness (QED) is 0.882. The molecule has 2 N–H and O–H groups in total. The first-order chi connectivity index (χ1) is 11.2. The van der Waals surface area contributed by atoms with Crippen molar-refractivity contribution in [2.75, 3.05) is 5.32 Å². The maximum absolute atomic E-state index is 12.4. The van der Waals surface area contributed by atoms with E-state index in [0.29, 0.717) is 22.4 Å². The summed E-state index contributed by atoms with van der Waals surface area (Å²) in [5, 5.41) is 11.3. The number of rotatable bonds is 3. The van der Waals surface area contributed by atoms with Crippen LogP contribution in [-0.2, 0) is 0 Å². The lowest BCUT2D eigenvalue weighted by Gasteiger charge is -2.45. The van der Waals surface area contributed by atoms with Crippen LogP contribution >= 0.6 is 0 Å². The molecule has 1 aromatic heterocycles. The Morgan fingerprint density at radius 2 is 1.83 bits per heavy atom. The summed E-state index contributed by atoms with van der Waals surface area (Å²) in [4.78, 5) is 12.4. The number of anilines is 1. The average Bonchev–Trinajstić information content (AvgIpc) is 3.11. The molecule has 4 rings (SSSR count). The second-order valence-corrected chi connectivity index (χ2v) is 9.77. The van der Waals surface area contributed by atoms with Gasteiger partial charge >= 0.3 is 0 Å². The van der Waals surface area contributed by atoms with Gasteiger partial charge in [-0.05, 0) is 42.4 Å². The Labute approximate surface area is 144 Å². The number of aromatic nitrogens is 2. The molecule has 1 atom stereocenters. The van der Waals surface area contributed by atoms with Crippen molar-refractivity contribution in [3.05, 3.63) is 11.8 Å². The van der Waals surface area contributed by atoms with Gasteiger partial charge in [0.1, 0.15) is 17.5 Å². The highest BCUT2D eigenvalue weighted by atomic mass is 16.2. The highest BCUT2D eigenvalue weighted by molar-refractivity contribution is 6.00. The number of carbonyl (C=O) groups is 1. The van der Waals surface area contributed by atoms with Gasteiger partial charge in [0.15, 0.2) is 0 Å². The number of amides is 1. The van der Waals surface area contributed by atoms with Gasteiger partial charge in [0.2, 0.25) is 0 Å². The number of hydrogen-bond acceptors (Lipinski definition) is 3. The van der Waals surface area contributed by atoms with Crippen molar-refractivity contribution in [1.82, 2.24) is 15.1 Å². The molecule has 2 fully saturated rings. The third kappa shape index (κ3) is 3.05. The highest BCUT2D eigenvalue weighted by Crippen LogP contribution is 2.50. The van der Waals surface area contributed by atoms with Gasteiger partial charge in [0, 0.05) is 0 Å². The Balaban J connectivity index is 1.62. The van der Waals surface area contributed by atoms with Gasteiger partial charge < -0.3 is 10.6 Å². The molecule has 2 aliphatic carbocycles. The molecule has 5 heteroatoms. The number of fused-ring (bicyclic) bond motifs is 1. The fraction of sp³-hybridized carbons (Fsp3) is 0.789. The number of nitrogens with one attached hydrogen (secondary N) is 2. The molecule has 132 valence electrons. The topological polar surface area (TPSA) is 59.0 Å². The summed E-state index contributed by atoms with van der Waals surface area (Å²) >= 11 is 0. The van der Waals surface area contributed by atoms with Crippen LogP contribution in [0.15, 0.2) is 6.20 Å². The van der Waals surface area contributed by atoms with Crippen molar-refractivity contribution < 1.29 is 4.79 Å². The summed E-state index contributed by atoms with van der Waals surface area (Å²) in [6.07, 6.45) is 8.87.